The minimum atomic E-state index is 0.484. The van der Waals surface area contributed by atoms with Crippen molar-refractivity contribution in [3.05, 3.63) is 23.8 Å². The van der Waals surface area contributed by atoms with E-state index in [0.717, 1.165) is 25.2 Å². The van der Waals surface area contributed by atoms with Gasteiger partial charge < -0.3 is 15.5 Å². The summed E-state index contributed by atoms with van der Waals surface area (Å²) in [6.45, 7) is 6.51. The molecule has 0 spiro atoms. The van der Waals surface area contributed by atoms with Crippen LogP contribution in [0.2, 0.25) is 0 Å². The van der Waals surface area contributed by atoms with Crippen molar-refractivity contribution in [2.45, 2.75) is 26.2 Å². The molecule has 0 bridgehead atoms. The topological polar surface area (TPSA) is 32.5 Å². The maximum Gasteiger partial charge on any atom is 0.0384 e. The first kappa shape index (κ1) is 14.8. The molecule has 1 aromatic rings. The van der Waals surface area contributed by atoms with Crippen molar-refractivity contribution in [3.63, 3.8) is 0 Å². The van der Waals surface area contributed by atoms with Gasteiger partial charge in [-0.15, -0.1) is 0 Å². The summed E-state index contributed by atoms with van der Waals surface area (Å²) in [4.78, 5) is 4.48. The zero-order chi connectivity index (χ0) is 13.7. The van der Waals surface area contributed by atoms with Crippen molar-refractivity contribution in [3.8, 4) is 0 Å². The first-order valence-corrected chi connectivity index (χ1v) is 6.67. The zero-order valence-corrected chi connectivity index (χ0v) is 12.4. The third-order valence-electron chi connectivity index (χ3n) is 3.23. The van der Waals surface area contributed by atoms with Crippen LogP contribution in [-0.4, -0.2) is 39.1 Å². The van der Waals surface area contributed by atoms with E-state index in [1.807, 2.05) is 0 Å². The molecule has 0 amide bonds. The summed E-state index contributed by atoms with van der Waals surface area (Å²) in [6, 6.07) is 6.41. The Bertz CT molecular complexity index is 372. The molecule has 3 nitrogen and oxygen atoms in total. The third kappa shape index (κ3) is 4.22. The second kappa shape index (κ2) is 6.64. The maximum absolute atomic E-state index is 6.10. The summed E-state index contributed by atoms with van der Waals surface area (Å²) in [5.41, 5.74) is 9.45. The van der Waals surface area contributed by atoms with Crippen LogP contribution >= 0.6 is 0 Å². The molecule has 0 aliphatic carbocycles. The molecule has 2 N–H and O–H groups in total. The van der Waals surface area contributed by atoms with E-state index in [1.54, 1.807) is 0 Å². The fraction of sp³-hybridized carbons (Fsp3) is 0.600. The Morgan fingerprint density at radius 1 is 1.11 bits per heavy atom. The van der Waals surface area contributed by atoms with E-state index in [0.29, 0.717) is 5.92 Å². The smallest absolute Gasteiger partial charge is 0.0384 e. The van der Waals surface area contributed by atoms with Crippen LogP contribution in [0, 0.1) is 0 Å². The number of rotatable bonds is 6. The molecule has 3 heteroatoms. The average molecular weight is 249 g/mol. The highest BCUT2D eigenvalue weighted by Gasteiger charge is 2.07. The summed E-state index contributed by atoms with van der Waals surface area (Å²) in [5, 5.41) is 0. The Balaban J connectivity index is 2.63. The third-order valence-corrected chi connectivity index (χ3v) is 3.23. The van der Waals surface area contributed by atoms with Crippen molar-refractivity contribution in [1.29, 1.82) is 0 Å². The van der Waals surface area contributed by atoms with Gasteiger partial charge in [0.2, 0.25) is 0 Å². The highest BCUT2D eigenvalue weighted by molar-refractivity contribution is 5.60. The molecule has 0 unspecified atom stereocenters. The van der Waals surface area contributed by atoms with E-state index in [-0.39, 0.29) is 0 Å². The highest BCUT2D eigenvalue weighted by Crippen LogP contribution is 2.26. The molecule has 0 saturated heterocycles. The monoisotopic (exact) mass is 249 g/mol. The zero-order valence-electron chi connectivity index (χ0n) is 12.4. The molecule has 0 aliphatic rings. The van der Waals surface area contributed by atoms with Crippen LogP contribution in [0.3, 0.4) is 0 Å². The molecule has 0 radical (unpaired) electrons. The van der Waals surface area contributed by atoms with Crippen LogP contribution < -0.4 is 10.6 Å². The lowest BCUT2D eigenvalue weighted by Crippen LogP contribution is -2.23. The van der Waals surface area contributed by atoms with Gasteiger partial charge in [-0.25, -0.2) is 0 Å². The molecule has 1 rings (SSSR count). The lowest BCUT2D eigenvalue weighted by Gasteiger charge is -2.22. The molecular weight excluding hydrogens is 222 g/mol. The van der Waals surface area contributed by atoms with Gasteiger partial charge in [-0.05, 0) is 50.7 Å². The van der Waals surface area contributed by atoms with E-state index < -0.39 is 0 Å². The van der Waals surface area contributed by atoms with Crippen LogP contribution in [0.1, 0.15) is 31.7 Å². The normalized spacial score (nSPS) is 11.3. The van der Waals surface area contributed by atoms with Gasteiger partial charge in [0.15, 0.2) is 0 Å². The van der Waals surface area contributed by atoms with Gasteiger partial charge in [-0.3, -0.25) is 0 Å². The molecule has 0 aromatic heterocycles. The lowest BCUT2D eigenvalue weighted by molar-refractivity contribution is 0.401. The van der Waals surface area contributed by atoms with Crippen molar-refractivity contribution in [1.82, 2.24) is 4.90 Å². The molecule has 0 heterocycles. The van der Waals surface area contributed by atoms with Gasteiger partial charge in [0.25, 0.3) is 0 Å². The summed E-state index contributed by atoms with van der Waals surface area (Å²) >= 11 is 0. The van der Waals surface area contributed by atoms with E-state index in [2.05, 4.69) is 63.0 Å². The predicted octanol–water partition coefficient (Wildman–Crippen LogP) is 2.78. The average Bonchev–Trinajstić information content (AvgIpc) is 2.27. The standard InChI is InChI=1S/C15H27N3/c1-12(2)14-8-7-13(11-15(14)16)18(5)10-6-9-17(3)4/h7-8,11-12H,6,9-10,16H2,1-5H3. The molecule has 0 aliphatic heterocycles. The number of hydrogen-bond acceptors (Lipinski definition) is 3. The Morgan fingerprint density at radius 3 is 2.28 bits per heavy atom. The molecule has 0 atom stereocenters. The van der Waals surface area contributed by atoms with Gasteiger partial charge >= 0.3 is 0 Å². The summed E-state index contributed by atoms with van der Waals surface area (Å²) < 4.78 is 0. The second-order valence-corrected chi connectivity index (χ2v) is 5.55. The van der Waals surface area contributed by atoms with Crippen LogP contribution in [0.25, 0.3) is 0 Å². The van der Waals surface area contributed by atoms with E-state index in [9.17, 15) is 0 Å². The van der Waals surface area contributed by atoms with Crippen molar-refractivity contribution >= 4 is 11.4 Å². The largest absolute Gasteiger partial charge is 0.398 e. The van der Waals surface area contributed by atoms with Crippen molar-refractivity contribution in [2.24, 2.45) is 0 Å². The van der Waals surface area contributed by atoms with Gasteiger partial charge in [-0.1, -0.05) is 19.9 Å². The van der Waals surface area contributed by atoms with Crippen molar-refractivity contribution < 1.29 is 0 Å². The van der Waals surface area contributed by atoms with Crippen LogP contribution in [-0.2, 0) is 0 Å². The van der Waals surface area contributed by atoms with E-state index in [1.165, 1.54) is 11.3 Å². The molecule has 1 aromatic carbocycles. The number of nitrogens with zero attached hydrogens (tertiary/aromatic N) is 2. The maximum atomic E-state index is 6.10. The van der Waals surface area contributed by atoms with Gasteiger partial charge in [0.1, 0.15) is 0 Å². The Labute approximate surface area is 112 Å². The Hall–Kier alpha value is -1.22. The molecular formula is C15H27N3. The van der Waals surface area contributed by atoms with Gasteiger partial charge in [-0.2, -0.15) is 0 Å². The quantitative estimate of drug-likeness (QED) is 0.787. The van der Waals surface area contributed by atoms with E-state index >= 15 is 0 Å². The van der Waals surface area contributed by atoms with Gasteiger partial charge in [0.05, 0.1) is 0 Å². The minimum absolute atomic E-state index is 0.484. The SMILES string of the molecule is CC(C)c1ccc(N(C)CCCN(C)C)cc1N. The van der Waals surface area contributed by atoms with E-state index in [4.69, 9.17) is 5.73 Å². The van der Waals surface area contributed by atoms with Crippen LogP contribution in [0.4, 0.5) is 11.4 Å². The molecule has 0 saturated carbocycles. The first-order chi connectivity index (χ1) is 8.41. The number of benzene rings is 1. The summed E-state index contributed by atoms with van der Waals surface area (Å²) in [7, 11) is 6.34. The number of hydrogen-bond donors (Lipinski definition) is 1. The summed E-state index contributed by atoms with van der Waals surface area (Å²) in [6.07, 6.45) is 1.16. The van der Waals surface area contributed by atoms with Crippen molar-refractivity contribution in [2.75, 3.05) is 44.9 Å². The second-order valence-electron chi connectivity index (χ2n) is 5.55. The Kier molecular flexibility index (Phi) is 5.48. The fourth-order valence-corrected chi connectivity index (χ4v) is 2.08. The predicted molar refractivity (Wildman–Crippen MR) is 81.4 cm³/mol. The Morgan fingerprint density at radius 2 is 1.78 bits per heavy atom. The van der Waals surface area contributed by atoms with Crippen LogP contribution in [0.15, 0.2) is 18.2 Å². The number of nitrogens with two attached hydrogens (primary N) is 1. The number of nitrogen functional groups attached to an aromatic ring is 1. The molecule has 102 valence electrons. The van der Waals surface area contributed by atoms with Gasteiger partial charge in [0, 0.05) is 25.0 Å². The first-order valence-electron chi connectivity index (χ1n) is 6.67. The minimum Gasteiger partial charge on any atom is -0.398 e. The highest BCUT2D eigenvalue weighted by atomic mass is 15.1. The fourth-order valence-electron chi connectivity index (χ4n) is 2.08. The van der Waals surface area contributed by atoms with Crippen LogP contribution in [0.5, 0.6) is 0 Å². The molecule has 18 heavy (non-hydrogen) atoms. The lowest BCUT2D eigenvalue weighted by atomic mass is 10.0. The number of anilines is 2. The molecule has 0 fully saturated rings. The summed E-state index contributed by atoms with van der Waals surface area (Å²) in [5.74, 6) is 0.484.